The van der Waals surface area contributed by atoms with Crippen LogP contribution in [0.3, 0.4) is 0 Å². The average molecular weight is 264 g/mol. The van der Waals surface area contributed by atoms with E-state index in [0.29, 0.717) is 9.39 Å². The Morgan fingerprint density at radius 3 is 2.19 bits per heavy atom. The number of anilines is 1. The second kappa shape index (κ2) is 4.71. The fourth-order valence-corrected chi connectivity index (χ4v) is 1.64. The summed E-state index contributed by atoms with van der Waals surface area (Å²) >= 11 is 5.58. The lowest BCUT2D eigenvalue weighted by Crippen LogP contribution is -2.19. The number of benzene rings is 1. The van der Waals surface area contributed by atoms with Gasteiger partial charge in [0.05, 0.1) is 24.6 Å². The van der Waals surface area contributed by atoms with E-state index in [2.05, 4.69) is 4.74 Å². The molecule has 1 rings (SSSR count). The fourth-order valence-electron chi connectivity index (χ4n) is 1.02. The zero-order valence-corrected chi connectivity index (χ0v) is 10.2. The van der Waals surface area contributed by atoms with E-state index in [1.165, 1.54) is 31.4 Å². The van der Waals surface area contributed by atoms with E-state index in [1.807, 2.05) is 0 Å². The van der Waals surface area contributed by atoms with Crippen molar-refractivity contribution in [2.24, 2.45) is 0 Å². The molecule has 0 atom stereocenters. The maximum Gasteiger partial charge on any atom is 0.337 e. The number of sulfonamides is 1. The van der Waals surface area contributed by atoms with Gasteiger partial charge in [0.1, 0.15) is 0 Å². The minimum Gasteiger partial charge on any atom is -0.465 e. The Labute approximate surface area is 98.7 Å². The highest BCUT2D eigenvalue weighted by Gasteiger charge is 2.15. The van der Waals surface area contributed by atoms with Crippen LogP contribution in [0.4, 0.5) is 5.69 Å². The molecule has 16 heavy (non-hydrogen) atoms. The molecule has 0 saturated carbocycles. The van der Waals surface area contributed by atoms with Gasteiger partial charge in [-0.3, -0.25) is 0 Å². The third kappa shape index (κ3) is 2.86. The third-order valence-electron chi connectivity index (χ3n) is 1.78. The Bertz CT molecular complexity index is 483. The zero-order valence-electron chi connectivity index (χ0n) is 8.68. The van der Waals surface area contributed by atoms with Crippen molar-refractivity contribution in [2.75, 3.05) is 17.2 Å². The van der Waals surface area contributed by atoms with Gasteiger partial charge in [-0.1, -0.05) is 0 Å². The smallest absolute Gasteiger partial charge is 0.337 e. The van der Waals surface area contributed by atoms with Crippen molar-refractivity contribution in [3.63, 3.8) is 0 Å². The van der Waals surface area contributed by atoms with Crippen molar-refractivity contribution in [3.05, 3.63) is 29.8 Å². The van der Waals surface area contributed by atoms with Crippen LogP contribution in [-0.2, 0) is 14.8 Å². The van der Waals surface area contributed by atoms with Crippen LogP contribution >= 0.6 is 11.8 Å². The van der Waals surface area contributed by atoms with Crippen LogP contribution in [0, 0.1) is 0 Å². The first-order chi connectivity index (χ1) is 7.36. The molecule has 0 saturated heterocycles. The number of methoxy groups -OCH3 is 1. The van der Waals surface area contributed by atoms with Gasteiger partial charge in [0.2, 0.25) is 10.0 Å². The highest BCUT2D eigenvalue weighted by atomic mass is 35.5. The van der Waals surface area contributed by atoms with Crippen LogP contribution in [0.2, 0.25) is 0 Å². The van der Waals surface area contributed by atoms with Gasteiger partial charge in [-0.05, 0) is 24.3 Å². The lowest BCUT2D eigenvalue weighted by Gasteiger charge is -2.12. The Hall–Kier alpha value is -1.27. The third-order valence-corrected chi connectivity index (χ3v) is 3.52. The number of rotatable bonds is 3. The average Bonchev–Trinajstić information content (AvgIpc) is 2.26. The van der Waals surface area contributed by atoms with Gasteiger partial charge in [-0.15, -0.1) is 0 Å². The number of hydrogen-bond donors (Lipinski definition) is 0. The summed E-state index contributed by atoms with van der Waals surface area (Å²) in [4.78, 5) is 11.1. The summed E-state index contributed by atoms with van der Waals surface area (Å²) in [6.07, 6.45) is 0.980. The molecule has 0 aliphatic carbocycles. The lowest BCUT2D eigenvalue weighted by atomic mass is 10.2. The summed E-state index contributed by atoms with van der Waals surface area (Å²) in [7, 11) is -2.25. The van der Waals surface area contributed by atoms with Crippen molar-refractivity contribution < 1.29 is 17.9 Å². The van der Waals surface area contributed by atoms with Gasteiger partial charge in [0, 0.05) is 11.8 Å². The van der Waals surface area contributed by atoms with Crippen molar-refractivity contribution in [3.8, 4) is 0 Å². The first-order valence-corrected chi connectivity index (χ1v) is 6.39. The van der Waals surface area contributed by atoms with Crippen LogP contribution in [0.1, 0.15) is 10.4 Å². The molecule has 5 nitrogen and oxygen atoms in total. The first-order valence-electron chi connectivity index (χ1n) is 4.20. The topological polar surface area (TPSA) is 63.7 Å². The van der Waals surface area contributed by atoms with Gasteiger partial charge in [0.15, 0.2) is 0 Å². The molecule has 0 N–H and O–H groups in total. The van der Waals surface area contributed by atoms with Crippen LogP contribution in [0.25, 0.3) is 0 Å². The van der Waals surface area contributed by atoms with Crippen molar-refractivity contribution in [2.45, 2.75) is 0 Å². The summed E-state index contributed by atoms with van der Waals surface area (Å²) in [6.45, 7) is 0. The number of carbonyl (C=O) groups excluding carboxylic acids is 1. The number of nitrogens with zero attached hydrogens (tertiary/aromatic N) is 1. The monoisotopic (exact) mass is 263 g/mol. The molecule has 1 aromatic rings. The zero-order chi connectivity index (χ0) is 12.3. The molecule has 0 aliphatic rings. The largest absolute Gasteiger partial charge is 0.465 e. The van der Waals surface area contributed by atoms with Gasteiger partial charge in [0.25, 0.3) is 0 Å². The number of halogens is 1. The molecule has 1 aromatic carbocycles. The molecule has 0 amide bonds. The van der Waals surface area contributed by atoms with Crippen LogP contribution in [-0.4, -0.2) is 27.8 Å². The highest BCUT2D eigenvalue weighted by molar-refractivity contribution is 7.93. The Morgan fingerprint density at radius 2 is 1.81 bits per heavy atom. The lowest BCUT2D eigenvalue weighted by molar-refractivity contribution is 0.0601. The molecule has 0 spiro atoms. The molecule has 0 aliphatic heterocycles. The van der Waals surface area contributed by atoms with Gasteiger partial charge in [-0.2, -0.15) is 3.82 Å². The molecule has 0 heterocycles. The van der Waals surface area contributed by atoms with E-state index in [-0.39, 0.29) is 5.69 Å². The molecule has 0 fully saturated rings. The number of carbonyl (C=O) groups is 1. The van der Waals surface area contributed by atoms with Gasteiger partial charge in [-0.25, -0.2) is 13.2 Å². The summed E-state index contributed by atoms with van der Waals surface area (Å²) in [5.74, 6) is -0.493. The molecule has 7 heteroatoms. The van der Waals surface area contributed by atoms with Crippen molar-refractivity contribution in [1.82, 2.24) is 0 Å². The predicted octanol–water partition coefficient (Wildman–Crippen LogP) is 1.39. The summed E-state index contributed by atoms with van der Waals surface area (Å²) in [5.41, 5.74) is 0.585. The Balaban J connectivity index is 3.00. The van der Waals surface area contributed by atoms with E-state index in [9.17, 15) is 13.2 Å². The molecule has 88 valence electrons. The SMILES string of the molecule is COC(=O)c1ccc(N(Cl)S(C)(=O)=O)cc1. The summed E-state index contributed by atoms with van der Waals surface area (Å²) in [5, 5.41) is 0. The number of esters is 1. The normalized spacial score (nSPS) is 10.9. The Kier molecular flexibility index (Phi) is 3.77. The number of hydrogen-bond acceptors (Lipinski definition) is 4. The van der Waals surface area contributed by atoms with Crippen molar-refractivity contribution in [1.29, 1.82) is 0 Å². The number of ether oxygens (including phenoxy) is 1. The van der Waals surface area contributed by atoms with Crippen LogP contribution in [0.5, 0.6) is 0 Å². The second-order valence-electron chi connectivity index (χ2n) is 3.02. The van der Waals surface area contributed by atoms with E-state index in [0.717, 1.165) is 6.26 Å². The minimum atomic E-state index is -3.51. The second-order valence-corrected chi connectivity index (χ2v) is 5.39. The van der Waals surface area contributed by atoms with Crippen LogP contribution < -0.4 is 3.82 Å². The summed E-state index contributed by atoms with van der Waals surface area (Å²) in [6, 6.07) is 5.70. The van der Waals surface area contributed by atoms with Crippen LogP contribution in [0.15, 0.2) is 24.3 Å². The van der Waals surface area contributed by atoms with E-state index in [1.54, 1.807) is 0 Å². The molecule has 0 unspecified atom stereocenters. The maximum atomic E-state index is 11.1. The van der Waals surface area contributed by atoms with Gasteiger partial charge < -0.3 is 4.74 Å². The highest BCUT2D eigenvalue weighted by Crippen LogP contribution is 2.20. The first kappa shape index (κ1) is 12.8. The maximum absolute atomic E-state index is 11.1. The minimum absolute atomic E-state index is 0.261. The molecular formula is C9H10ClNO4S. The molecule has 0 radical (unpaired) electrons. The molecule has 0 aromatic heterocycles. The Morgan fingerprint density at radius 1 is 1.31 bits per heavy atom. The van der Waals surface area contributed by atoms with E-state index >= 15 is 0 Å². The molecule has 0 bridgehead atoms. The quantitative estimate of drug-likeness (QED) is 0.611. The summed E-state index contributed by atoms with van der Waals surface area (Å²) < 4.78 is 27.3. The van der Waals surface area contributed by atoms with Gasteiger partial charge >= 0.3 is 5.97 Å². The fraction of sp³-hybridized carbons (Fsp3) is 0.222. The van der Waals surface area contributed by atoms with E-state index < -0.39 is 16.0 Å². The molecular weight excluding hydrogens is 254 g/mol. The van der Waals surface area contributed by atoms with Crippen molar-refractivity contribution >= 4 is 33.5 Å². The standard InChI is InChI=1S/C9H10ClNO4S/c1-15-9(12)7-3-5-8(6-4-7)11(10)16(2,13)14/h3-6H,1-2H3. The predicted molar refractivity (Wildman–Crippen MR) is 61.0 cm³/mol. The van der Waals surface area contributed by atoms with E-state index in [4.69, 9.17) is 11.8 Å².